The van der Waals surface area contributed by atoms with Crippen LogP contribution in [0.3, 0.4) is 0 Å². The van der Waals surface area contributed by atoms with Crippen molar-refractivity contribution in [2.45, 2.75) is 19.3 Å². The van der Waals surface area contributed by atoms with Crippen molar-refractivity contribution in [1.82, 2.24) is 4.98 Å². The lowest BCUT2D eigenvalue weighted by Gasteiger charge is -2.15. The molecule has 0 amide bonds. The lowest BCUT2D eigenvalue weighted by Crippen LogP contribution is -2.21. The van der Waals surface area contributed by atoms with Gasteiger partial charge in [-0.2, -0.15) is 0 Å². The predicted octanol–water partition coefficient (Wildman–Crippen LogP) is 2.54. The Morgan fingerprint density at radius 2 is 2.15 bits per heavy atom. The second-order valence-corrected chi connectivity index (χ2v) is 4.90. The van der Waals surface area contributed by atoms with Crippen LogP contribution in [0.25, 0.3) is 11.5 Å². The van der Waals surface area contributed by atoms with Gasteiger partial charge in [0.1, 0.15) is 11.5 Å². The Hall–Kier alpha value is -2.30. The number of nitrogens with zero attached hydrogens (tertiary/aromatic N) is 1. The number of carboxylic acid groups (broad SMARTS) is 1. The van der Waals surface area contributed by atoms with E-state index in [9.17, 15) is 4.79 Å². The van der Waals surface area contributed by atoms with E-state index in [4.69, 9.17) is 14.3 Å². The summed E-state index contributed by atoms with van der Waals surface area (Å²) in [7, 11) is 1.62. The first-order chi connectivity index (χ1) is 9.67. The van der Waals surface area contributed by atoms with Crippen LogP contribution in [-0.4, -0.2) is 23.2 Å². The number of hydrogen-bond donors (Lipinski definition) is 1. The molecule has 0 fully saturated rings. The summed E-state index contributed by atoms with van der Waals surface area (Å²) >= 11 is 0. The Morgan fingerprint density at radius 3 is 2.80 bits per heavy atom. The largest absolute Gasteiger partial charge is 0.497 e. The van der Waals surface area contributed by atoms with Crippen LogP contribution < -0.4 is 4.74 Å². The van der Waals surface area contributed by atoms with E-state index in [2.05, 4.69) is 4.98 Å². The Bertz CT molecular complexity index is 630. The van der Waals surface area contributed by atoms with Crippen LogP contribution in [0, 0.1) is 5.92 Å². The first kappa shape index (κ1) is 12.7. The Balaban J connectivity index is 1.87. The third kappa shape index (κ3) is 2.27. The number of ether oxygens (including phenoxy) is 1. The van der Waals surface area contributed by atoms with Crippen LogP contribution in [0.5, 0.6) is 5.75 Å². The Kier molecular flexibility index (Phi) is 3.18. The predicted molar refractivity (Wildman–Crippen MR) is 71.6 cm³/mol. The molecule has 0 saturated carbocycles. The highest BCUT2D eigenvalue weighted by atomic mass is 16.5. The van der Waals surface area contributed by atoms with Crippen LogP contribution in [-0.2, 0) is 17.6 Å². The fraction of sp³-hybridized carbons (Fsp3) is 0.333. The molecule has 0 saturated heterocycles. The van der Waals surface area contributed by atoms with Crippen molar-refractivity contribution >= 4 is 5.97 Å². The molecule has 1 aliphatic rings. The third-order valence-electron chi connectivity index (χ3n) is 3.62. The van der Waals surface area contributed by atoms with Gasteiger partial charge < -0.3 is 14.3 Å². The standard InChI is InChI=1S/C15H15NO4/c1-19-11-5-2-9(3-6-11)14-16-12-8-10(15(17)18)4-7-13(12)20-14/h2-3,5-6,10H,4,7-8H2,1H3,(H,17,18). The van der Waals surface area contributed by atoms with Crippen molar-refractivity contribution in [2.75, 3.05) is 7.11 Å². The number of aliphatic carboxylic acids is 1. The summed E-state index contributed by atoms with van der Waals surface area (Å²) in [6, 6.07) is 7.45. The summed E-state index contributed by atoms with van der Waals surface area (Å²) in [5, 5.41) is 9.07. The van der Waals surface area contributed by atoms with Gasteiger partial charge in [-0.1, -0.05) is 0 Å². The molecule has 1 N–H and O–H groups in total. The second-order valence-electron chi connectivity index (χ2n) is 4.90. The summed E-state index contributed by atoms with van der Waals surface area (Å²) in [6.45, 7) is 0. The average Bonchev–Trinajstić information content (AvgIpc) is 2.90. The molecule has 2 aromatic rings. The minimum atomic E-state index is -0.760. The van der Waals surface area contributed by atoms with Gasteiger partial charge in [0.25, 0.3) is 0 Å². The molecule has 1 aromatic heterocycles. The molecule has 20 heavy (non-hydrogen) atoms. The summed E-state index contributed by atoms with van der Waals surface area (Å²) in [6.07, 6.45) is 1.69. The van der Waals surface area contributed by atoms with Gasteiger partial charge in [-0.25, -0.2) is 4.98 Å². The van der Waals surface area contributed by atoms with Crippen molar-refractivity contribution in [3.05, 3.63) is 35.7 Å². The maximum Gasteiger partial charge on any atom is 0.306 e. The molecule has 0 spiro atoms. The molecular formula is C15H15NO4. The first-order valence-electron chi connectivity index (χ1n) is 6.53. The van der Waals surface area contributed by atoms with E-state index in [1.807, 2.05) is 24.3 Å². The summed E-state index contributed by atoms with van der Waals surface area (Å²) < 4.78 is 10.9. The highest BCUT2D eigenvalue weighted by Crippen LogP contribution is 2.30. The number of carboxylic acids is 1. The molecule has 1 aromatic carbocycles. The highest BCUT2D eigenvalue weighted by Gasteiger charge is 2.28. The number of carbonyl (C=O) groups is 1. The van der Waals surface area contributed by atoms with E-state index in [-0.39, 0.29) is 5.92 Å². The quantitative estimate of drug-likeness (QED) is 0.930. The van der Waals surface area contributed by atoms with Gasteiger partial charge >= 0.3 is 5.97 Å². The summed E-state index contributed by atoms with van der Waals surface area (Å²) in [4.78, 5) is 15.5. The molecule has 0 aliphatic heterocycles. The highest BCUT2D eigenvalue weighted by molar-refractivity contribution is 5.70. The van der Waals surface area contributed by atoms with Gasteiger partial charge in [-0.3, -0.25) is 4.79 Å². The maximum absolute atomic E-state index is 11.0. The number of rotatable bonds is 3. The zero-order chi connectivity index (χ0) is 14.1. The fourth-order valence-electron chi connectivity index (χ4n) is 2.45. The number of aryl methyl sites for hydroxylation is 1. The van der Waals surface area contributed by atoms with Gasteiger partial charge in [-0.15, -0.1) is 0 Å². The fourth-order valence-corrected chi connectivity index (χ4v) is 2.45. The Morgan fingerprint density at radius 1 is 1.40 bits per heavy atom. The molecule has 1 unspecified atom stereocenters. The zero-order valence-electron chi connectivity index (χ0n) is 11.1. The van der Waals surface area contributed by atoms with E-state index in [1.165, 1.54) is 0 Å². The van der Waals surface area contributed by atoms with Crippen molar-refractivity contribution in [1.29, 1.82) is 0 Å². The number of methoxy groups -OCH3 is 1. The van der Waals surface area contributed by atoms with E-state index in [0.29, 0.717) is 25.2 Å². The molecule has 0 bridgehead atoms. The van der Waals surface area contributed by atoms with E-state index >= 15 is 0 Å². The van der Waals surface area contributed by atoms with Gasteiger partial charge in [0.15, 0.2) is 0 Å². The minimum absolute atomic E-state index is 0.351. The summed E-state index contributed by atoms with van der Waals surface area (Å²) in [5.74, 6) is 1.02. The number of oxazole rings is 1. The number of aromatic nitrogens is 1. The van der Waals surface area contributed by atoms with Crippen molar-refractivity contribution in [3.8, 4) is 17.2 Å². The third-order valence-corrected chi connectivity index (χ3v) is 3.62. The van der Waals surface area contributed by atoms with Crippen LogP contribution in [0.1, 0.15) is 17.9 Å². The van der Waals surface area contributed by atoms with Gasteiger partial charge in [0.05, 0.1) is 18.7 Å². The van der Waals surface area contributed by atoms with E-state index < -0.39 is 5.97 Å². The normalized spacial score (nSPS) is 17.6. The van der Waals surface area contributed by atoms with Gasteiger partial charge in [0.2, 0.25) is 5.89 Å². The molecule has 0 radical (unpaired) electrons. The molecular weight excluding hydrogens is 258 g/mol. The van der Waals surface area contributed by atoms with Crippen LogP contribution in [0.4, 0.5) is 0 Å². The van der Waals surface area contributed by atoms with E-state index in [0.717, 1.165) is 22.8 Å². The van der Waals surface area contributed by atoms with Gasteiger partial charge in [0, 0.05) is 18.4 Å². The van der Waals surface area contributed by atoms with Crippen molar-refractivity contribution in [2.24, 2.45) is 5.92 Å². The number of benzene rings is 1. The van der Waals surface area contributed by atoms with Crippen LogP contribution in [0.15, 0.2) is 28.7 Å². The van der Waals surface area contributed by atoms with E-state index in [1.54, 1.807) is 7.11 Å². The zero-order valence-corrected chi connectivity index (χ0v) is 11.1. The number of hydrogen-bond acceptors (Lipinski definition) is 4. The Labute approximate surface area is 116 Å². The minimum Gasteiger partial charge on any atom is -0.497 e. The van der Waals surface area contributed by atoms with Crippen molar-refractivity contribution < 1.29 is 19.1 Å². The average molecular weight is 273 g/mol. The van der Waals surface area contributed by atoms with Gasteiger partial charge in [-0.05, 0) is 30.7 Å². The molecule has 5 heteroatoms. The maximum atomic E-state index is 11.0. The SMILES string of the molecule is COc1ccc(-c2nc3c(o2)CCC(C(=O)O)C3)cc1. The molecule has 1 atom stereocenters. The van der Waals surface area contributed by atoms with Crippen LogP contribution in [0.2, 0.25) is 0 Å². The lowest BCUT2D eigenvalue weighted by atomic mass is 9.90. The summed E-state index contributed by atoms with van der Waals surface area (Å²) in [5.41, 5.74) is 1.64. The molecule has 104 valence electrons. The first-order valence-corrected chi connectivity index (χ1v) is 6.53. The lowest BCUT2D eigenvalue weighted by molar-refractivity contribution is -0.142. The molecule has 5 nitrogen and oxygen atoms in total. The molecule has 3 rings (SSSR count). The second kappa shape index (κ2) is 5.00. The molecule has 1 heterocycles. The van der Waals surface area contributed by atoms with Crippen molar-refractivity contribution in [3.63, 3.8) is 0 Å². The number of fused-ring (bicyclic) bond motifs is 1. The molecule has 1 aliphatic carbocycles. The van der Waals surface area contributed by atoms with Crippen LogP contribution >= 0.6 is 0 Å². The monoisotopic (exact) mass is 273 g/mol. The smallest absolute Gasteiger partial charge is 0.306 e. The topological polar surface area (TPSA) is 72.6 Å².